The first kappa shape index (κ1) is 20.3. The normalized spacial score (nSPS) is 12.0. The summed E-state index contributed by atoms with van der Waals surface area (Å²) < 4.78 is 10.5. The predicted octanol–water partition coefficient (Wildman–Crippen LogP) is 5.44. The zero-order valence-electron chi connectivity index (χ0n) is 15.4. The molecule has 0 saturated carbocycles. The second-order valence-electron chi connectivity index (χ2n) is 6.21. The molecule has 1 atom stereocenters. The third-order valence-corrected chi connectivity index (χ3v) is 5.68. The Balaban J connectivity index is 1.42. The van der Waals surface area contributed by atoms with Crippen molar-refractivity contribution in [2.45, 2.75) is 13.0 Å². The van der Waals surface area contributed by atoms with Crippen LogP contribution in [0.2, 0.25) is 10.0 Å². The van der Waals surface area contributed by atoms with Crippen LogP contribution in [0.15, 0.2) is 52.6 Å². The maximum absolute atomic E-state index is 12.5. The highest BCUT2D eigenvalue weighted by Crippen LogP contribution is 2.30. The van der Waals surface area contributed by atoms with Crippen LogP contribution in [0.3, 0.4) is 0 Å². The molecule has 2 heterocycles. The predicted molar refractivity (Wildman–Crippen MR) is 115 cm³/mol. The molecule has 10 heteroatoms. The number of nitrogens with zero attached hydrogens (tertiary/aromatic N) is 2. The molecule has 30 heavy (non-hydrogen) atoms. The van der Waals surface area contributed by atoms with E-state index in [2.05, 4.69) is 15.3 Å². The zero-order chi connectivity index (χ0) is 21.3. The van der Waals surface area contributed by atoms with Crippen molar-refractivity contribution in [3.8, 4) is 11.3 Å². The Kier molecular flexibility index (Phi) is 5.72. The highest BCUT2D eigenvalue weighted by atomic mass is 35.5. The molecule has 4 rings (SSSR count). The van der Waals surface area contributed by atoms with Gasteiger partial charge in [-0.1, -0.05) is 35.3 Å². The number of halogens is 2. The summed E-state index contributed by atoms with van der Waals surface area (Å²) in [5, 5.41) is 5.64. The lowest BCUT2D eigenvalue weighted by Crippen LogP contribution is -2.30. The van der Waals surface area contributed by atoms with Crippen molar-refractivity contribution < 1.29 is 18.7 Å². The summed E-state index contributed by atoms with van der Waals surface area (Å²) >= 11 is 13.2. The summed E-state index contributed by atoms with van der Waals surface area (Å²) in [5.41, 5.74) is 2.45. The van der Waals surface area contributed by atoms with Crippen molar-refractivity contribution in [1.82, 2.24) is 9.97 Å². The van der Waals surface area contributed by atoms with E-state index >= 15 is 0 Å². The van der Waals surface area contributed by atoms with Crippen molar-refractivity contribution in [1.29, 1.82) is 0 Å². The van der Waals surface area contributed by atoms with Crippen LogP contribution in [0.1, 0.15) is 17.3 Å². The van der Waals surface area contributed by atoms with E-state index in [1.54, 1.807) is 41.8 Å². The van der Waals surface area contributed by atoms with E-state index in [-0.39, 0.29) is 5.56 Å². The number of carbonyl (C=O) groups is 2. The van der Waals surface area contributed by atoms with Crippen molar-refractivity contribution in [3.63, 3.8) is 0 Å². The highest BCUT2D eigenvalue weighted by molar-refractivity contribution is 7.14. The van der Waals surface area contributed by atoms with E-state index in [0.29, 0.717) is 32.0 Å². The van der Waals surface area contributed by atoms with Gasteiger partial charge < -0.3 is 9.15 Å². The Hall–Kier alpha value is -2.94. The van der Waals surface area contributed by atoms with Gasteiger partial charge in [0.2, 0.25) is 0 Å². The molecule has 152 valence electrons. The second kappa shape index (κ2) is 8.43. The topological polar surface area (TPSA) is 94.3 Å². The van der Waals surface area contributed by atoms with Gasteiger partial charge in [0, 0.05) is 10.9 Å². The molecule has 0 saturated heterocycles. The molecule has 0 spiro atoms. The van der Waals surface area contributed by atoms with Crippen LogP contribution in [-0.4, -0.2) is 27.9 Å². The Labute approximate surface area is 184 Å². The van der Waals surface area contributed by atoms with Gasteiger partial charge >= 0.3 is 5.97 Å². The molecule has 0 aliphatic carbocycles. The maximum atomic E-state index is 12.5. The van der Waals surface area contributed by atoms with Gasteiger partial charge in [0.15, 0.2) is 23.2 Å². The molecule has 2 aromatic heterocycles. The molecule has 7 nitrogen and oxygen atoms in total. The average Bonchev–Trinajstić information content (AvgIpc) is 3.39. The molecular weight excluding hydrogens is 449 g/mol. The van der Waals surface area contributed by atoms with Gasteiger partial charge in [-0.05, 0) is 31.2 Å². The molecule has 4 aromatic rings. The zero-order valence-corrected chi connectivity index (χ0v) is 17.7. The quantitative estimate of drug-likeness (QED) is 0.397. The summed E-state index contributed by atoms with van der Waals surface area (Å²) in [6, 6.07) is 10.0. The smallest absolute Gasteiger partial charge is 0.341 e. The number of amides is 1. The van der Waals surface area contributed by atoms with Crippen molar-refractivity contribution in [2.75, 3.05) is 5.32 Å². The SMILES string of the molecule is CC(OC(=O)c1cccc2ocnc12)C(=O)Nc1nc(-c2ccc(Cl)c(Cl)c2)cs1. The van der Waals surface area contributed by atoms with Gasteiger partial charge in [-0.15, -0.1) is 11.3 Å². The number of esters is 1. The van der Waals surface area contributed by atoms with Gasteiger partial charge in [0.1, 0.15) is 5.52 Å². The fourth-order valence-electron chi connectivity index (χ4n) is 2.65. The summed E-state index contributed by atoms with van der Waals surface area (Å²) in [6.45, 7) is 1.48. The van der Waals surface area contributed by atoms with Crippen LogP contribution in [-0.2, 0) is 9.53 Å². The Morgan fingerprint density at radius 2 is 2.03 bits per heavy atom. The summed E-state index contributed by atoms with van der Waals surface area (Å²) in [4.78, 5) is 33.3. The standard InChI is InChI=1S/C20H13Cl2N3O4S/c1-10(29-19(27)12-3-2-4-16-17(12)23-9-28-16)18(26)25-20-24-15(8-30-20)11-5-6-13(21)14(22)7-11/h2-10H,1H3,(H,24,25,26). The largest absolute Gasteiger partial charge is 0.449 e. The summed E-state index contributed by atoms with van der Waals surface area (Å²) in [6.07, 6.45) is 0.197. The minimum atomic E-state index is -1.04. The number of benzene rings is 2. The fraction of sp³-hybridized carbons (Fsp3) is 0.100. The number of hydrogen-bond acceptors (Lipinski definition) is 7. The lowest BCUT2D eigenvalue weighted by molar-refractivity contribution is -0.123. The third-order valence-electron chi connectivity index (χ3n) is 4.18. The number of nitrogens with one attached hydrogen (secondary N) is 1. The number of thiazole rings is 1. The van der Waals surface area contributed by atoms with Crippen molar-refractivity contribution in [2.24, 2.45) is 0 Å². The molecule has 1 amide bonds. The van der Waals surface area contributed by atoms with E-state index in [1.807, 2.05) is 0 Å². The van der Waals surface area contributed by atoms with E-state index < -0.39 is 18.0 Å². The van der Waals surface area contributed by atoms with Crippen LogP contribution in [0, 0.1) is 0 Å². The first-order valence-electron chi connectivity index (χ1n) is 8.67. The lowest BCUT2D eigenvalue weighted by atomic mass is 10.2. The molecule has 0 bridgehead atoms. The van der Waals surface area contributed by atoms with Crippen LogP contribution < -0.4 is 5.32 Å². The van der Waals surface area contributed by atoms with Gasteiger partial charge in [0.25, 0.3) is 5.91 Å². The number of anilines is 1. The number of carbonyl (C=O) groups excluding carboxylic acids is 2. The molecule has 1 unspecified atom stereocenters. The average molecular weight is 462 g/mol. The number of oxazole rings is 1. The van der Waals surface area contributed by atoms with Crippen LogP contribution in [0.4, 0.5) is 5.13 Å². The number of para-hydroxylation sites is 1. The Morgan fingerprint density at radius 3 is 2.83 bits per heavy atom. The highest BCUT2D eigenvalue weighted by Gasteiger charge is 2.22. The van der Waals surface area contributed by atoms with Gasteiger partial charge in [0.05, 0.1) is 21.3 Å². The van der Waals surface area contributed by atoms with Gasteiger partial charge in [-0.25, -0.2) is 14.8 Å². The number of fused-ring (bicyclic) bond motifs is 1. The Bertz CT molecular complexity index is 1250. The van der Waals surface area contributed by atoms with E-state index in [0.717, 1.165) is 5.56 Å². The molecular formula is C20H13Cl2N3O4S. The monoisotopic (exact) mass is 461 g/mol. The first-order chi connectivity index (χ1) is 14.4. The molecule has 2 aromatic carbocycles. The molecule has 1 N–H and O–H groups in total. The number of ether oxygens (including phenoxy) is 1. The van der Waals surface area contributed by atoms with Gasteiger partial charge in [-0.2, -0.15) is 0 Å². The van der Waals surface area contributed by atoms with Crippen LogP contribution in [0.25, 0.3) is 22.4 Å². The van der Waals surface area contributed by atoms with Crippen molar-refractivity contribution >= 4 is 62.6 Å². The second-order valence-corrected chi connectivity index (χ2v) is 7.88. The maximum Gasteiger partial charge on any atom is 0.341 e. The Morgan fingerprint density at radius 1 is 1.20 bits per heavy atom. The minimum Gasteiger partial charge on any atom is -0.449 e. The van der Waals surface area contributed by atoms with Crippen LogP contribution >= 0.6 is 34.5 Å². The molecule has 0 fully saturated rings. The van der Waals surface area contributed by atoms with E-state index in [9.17, 15) is 9.59 Å². The molecule has 0 aliphatic rings. The number of hydrogen-bond donors (Lipinski definition) is 1. The fourth-order valence-corrected chi connectivity index (χ4v) is 3.68. The van der Waals surface area contributed by atoms with E-state index in [1.165, 1.54) is 24.7 Å². The van der Waals surface area contributed by atoms with Crippen LogP contribution in [0.5, 0.6) is 0 Å². The van der Waals surface area contributed by atoms with Gasteiger partial charge in [-0.3, -0.25) is 10.1 Å². The number of aromatic nitrogens is 2. The first-order valence-corrected chi connectivity index (χ1v) is 10.3. The van der Waals surface area contributed by atoms with Crippen molar-refractivity contribution in [3.05, 3.63) is 63.8 Å². The molecule has 0 aliphatic heterocycles. The lowest BCUT2D eigenvalue weighted by Gasteiger charge is -2.12. The molecule has 0 radical (unpaired) electrons. The summed E-state index contributed by atoms with van der Waals surface area (Å²) in [5.74, 6) is -1.18. The summed E-state index contributed by atoms with van der Waals surface area (Å²) in [7, 11) is 0. The number of rotatable bonds is 5. The minimum absolute atomic E-state index is 0.219. The van der Waals surface area contributed by atoms with E-state index in [4.69, 9.17) is 32.4 Å². The third kappa shape index (κ3) is 4.16.